The van der Waals surface area contributed by atoms with Crippen molar-refractivity contribution in [3.8, 4) is 11.5 Å². The molecule has 0 spiro atoms. The van der Waals surface area contributed by atoms with Crippen LogP contribution in [0.15, 0.2) is 47.1 Å². The molecule has 0 unspecified atom stereocenters. The quantitative estimate of drug-likeness (QED) is 0.307. The van der Waals surface area contributed by atoms with Crippen molar-refractivity contribution in [2.45, 2.75) is 0 Å². The highest BCUT2D eigenvalue weighted by Crippen LogP contribution is 2.24. The zero-order valence-electron chi connectivity index (χ0n) is 24.0. The van der Waals surface area contributed by atoms with Crippen molar-refractivity contribution < 1.29 is 13.6 Å². The Morgan fingerprint density at radius 3 is 2.49 bits per heavy atom. The molecule has 218 valence electrons. The number of amides is 1. The zero-order valence-corrected chi connectivity index (χ0v) is 24.0. The van der Waals surface area contributed by atoms with Crippen LogP contribution in [0.5, 0.6) is 0 Å². The number of rotatable bonds is 10. The number of nitrogens with two attached hydrogens (primary N) is 1. The fourth-order valence-electron chi connectivity index (χ4n) is 4.78. The van der Waals surface area contributed by atoms with Gasteiger partial charge in [0, 0.05) is 78.1 Å². The van der Waals surface area contributed by atoms with Crippen molar-refractivity contribution in [2.24, 2.45) is 0 Å². The molecule has 4 heterocycles. The van der Waals surface area contributed by atoms with Crippen LogP contribution in [0.1, 0.15) is 10.4 Å². The second-order valence-electron chi connectivity index (χ2n) is 10.6. The van der Waals surface area contributed by atoms with Gasteiger partial charge in [-0.1, -0.05) is 0 Å². The lowest BCUT2D eigenvalue weighted by Gasteiger charge is -2.36. The predicted octanol–water partition coefficient (Wildman–Crippen LogP) is 2.00. The van der Waals surface area contributed by atoms with E-state index in [1.54, 1.807) is 36.4 Å². The number of furan rings is 1. The number of piperazine rings is 1. The number of carbonyl (C=O) groups is 1. The molecule has 1 amide bonds. The molecular weight excluding hydrogens is 527 g/mol. The van der Waals surface area contributed by atoms with Crippen LogP contribution in [0, 0.1) is 5.82 Å². The van der Waals surface area contributed by atoms with Gasteiger partial charge in [-0.25, -0.2) is 4.39 Å². The summed E-state index contributed by atoms with van der Waals surface area (Å²) in [5.41, 5.74) is 8.29. The number of hydrogen-bond acceptors (Lipinski definition) is 10. The Labute approximate surface area is 238 Å². The molecule has 1 aliphatic rings. The molecule has 3 aromatic heterocycles. The molecule has 2 N–H and O–H groups in total. The van der Waals surface area contributed by atoms with Gasteiger partial charge < -0.3 is 29.8 Å². The lowest BCUT2D eigenvalue weighted by Crippen LogP contribution is -2.48. The van der Waals surface area contributed by atoms with Crippen molar-refractivity contribution in [2.75, 3.05) is 96.1 Å². The summed E-state index contributed by atoms with van der Waals surface area (Å²) in [7, 11) is 7.58. The average Bonchev–Trinajstić information content (AvgIpc) is 3.65. The van der Waals surface area contributed by atoms with Gasteiger partial charge in [-0.2, -0.15) is 19.6 Å². The molecule has 13 heteroatoms. The van der Waals surface area contributed by atoms with Gasteiger partial charge in [0.2, 0.25) is 11.9 Å². The summed E-state index contributed by atoms with van der Waals surface area (Å²) in [6, 6.07) is 10.2. The number of aromatic nitrogens is 4. The van der Waals surface area contributed by atoms with Gasteiger partial charge in [0.05, 0.1) is 12.0 Å². The van der Waals surface area contributed by atoms with Gasteiger partial charge >= 0.3 is 0 Å². The Kier molecular flexibility index (Phi) is 8.36. The Morgan fingerprint density at radius 1 is 1.02 bits per heavy atom. The summed E-state index contributed by atoms with van der Waals surface area (Å²) in [4.78, 5) is 31.7. The molecule has 4 aromatic rings. The summed E-state index contributed by atoms with van der Waals surface area (Å²) in [6.45, 7) is 5.78. The number of anilines is 3. The van der Waals surface area contributed by atoms with Crippen LogP contribution in [-0.2, 0) is 0 Å². The first-order valence-electron chi connectivity index (χ1n) is 13.6. The maximum absolute atomic E-state index is 15.1. The van der Waals surface area contributed by atoms with E-state index in [1.165, 1.54) is 10.6 Å². The predicted molar refractivity (Wildman–Crippen MR) is 157 cm³/mol. The molecule has 1 aromatic carbocycles. The summed E-state index contributed by atoms with van der Waals surface area (Å²) >= 11 is 0. The first kappa shape index (κ1) is 28.3. The highest BCUT2D eigenvalue weighted by Gasteiger charge is 2.22. The Morgan fingerprint density at radius 2 is 1.80 bits per heavy atom. The van der Waals surface area contributed by atoms with E-state index in [1.807, 2.05) is 48.0 Å². The molecule has 5 rings (SSSR count). The van der Waals surface area contributed by atoms with Crippen molar-refractivity contribution in [1.82, 2.24) is 34.3 Å². The number of nitrogen functional groups attached to an aromatic ring is 1. The molecule has 0 bridgehead atoms. The van der Waals surface area contributed by atoms with Crippen LogP contribution in [0.2, 0.25) is 0 Å². The fourth-order valence-corrected chi connectivity index (χ4v) is 4.78. The van der Waals surface area contributed by atoms with Crippen LogP contribution < -0.4 is 15.5 Å². The smallest absolute Gasteiger partial charge is 0.253 e. The minimum atomic E-state index is -0.370. The number of hydrogen-bond donors (Lipinski definition) is 1. The normalized spacial score (nSPS) is 14.2. The standard InChI is InChI=1S/C28H37FN10O2/c1-34(2)9-10-35(3)26(40)20-7-8-23(21(29)18-20)38-15-13-37(14-16-38)12-11-36(4)28-31-25-19-22(24-6-5-17-41-24)33-39(25)27(30)32-28/h5-8,17-19H,9-16H2,1-4H3,(H2,30,31,32). The maximum Gasteiger partial charge on any atom is 0.253 e. The van der Waals surface area contributed by atoms with Gasteiger partial charge in [0.15, 0.2) is 11.4 Å². The number of likely N-dealkylation sites (N-methyl/N-ethyl adjacent to an activating group) is 3. The molecule has 0 aliphatic carbocycles. The van der Waals surface area contributed by atoms with E-state index in [4.69, 9.17) is 10.2 Å². The summed E-state index contributed by atoms with van der Waals surface area (Å²) in [6.07, 6.45) is 1.59. The van der Waals surface area contributed by atoms with Crippen molar-refractivity contribution in [1.29, 1.82) is 0 Å². The highest BCUT2D eigenvalue weighted by molar-refractivity contribution is 5.94. The number of carbonyl (C=O) groups excluding carboxylic acids is 1. The SMILES string of the molecule is CN(C)CCN(C)C(=O)c1ccc(N2CCN(CCN(C)c3nc(N)n4nc(-c5ccco5)cc4n3)CC2)c(F)c1. The Balaban J connectivity index is 1.14. The Hall–Kier alpha value is -4.23. The lowest BCUT2D eigenvalue weighted by molar-refractivity contribution is 0.0786. The van der Waals surface area contributed by atoms with Crippen LogP contribution >= 0.6 is 0 Å². The summed E-state index contributed by atoms with van der Waals surface area (Å²) < 4.78 is 22.0. The van der Waals surface area contributed by atoms with Crippen LogP contribution in [0.3, 0.4) is 0 Å². The highest BCUT2D eigenvalue weighted by atomic mass is 19.1. The maximum atomic E-state index is 15.1. The third-order valence-corrected chi connectivity index (χ3v) is 7.34. The molecule has 1 aliphatic heterocycles. The summed E-state index contributed by atoms with van der Waals surface area (Å²) in [5.74, 6) is 0.853. The third-order valence-electron chi connectivity index (χ3n) is 7.34. The van der Waals surface area contributed by atoms with Gasteiger partial charge in [0.25, 0.3) is 5.91 Å². The van der Waals surface area contributed by atoms with E-state index in [-0.39, 0.29) is 17.7 Å². The van der Waals surface area contributed by atoms with Gasteiger partial charge in [-0.3, -0.25) is 9.69 Å². The molecule has 1 fully saturated rings. The van der Waals surface area contributed by atoms with Crippen molar-refractivity contribution in [3.63, 3.8) is 0 Å². The zero-order chi connectivity index (χ0) is 29.1. The molecular formula is C28H37FN10O2. The number of halogens is 1. The summed E-state index contributed by atoms with van der Waals surface area (Å²) in [5, 5.41) is 4.44. The minimum absolute atomic E-state index is 0.178. The molecule has 1 saturated heterocycles. The van der Waals surface area contributed by atoms with Gasteiger partial charge in [0.1, 0.15) is 11.5 Å². The molecule has 0 radical (unpaired) electrons. The second kappa shape index (κ2) is 12.1. The lowest BCUT2D eigenvalue weighted by atomic mass is 10.1. The van der Waals surface area contributed by atoms with E-state index < -0.39 is 0 Å². The van der Waals surface area contributed by atoms with Crippen LogP contribution in [0.4, 0.5) is 22.0 Å². The second-order valence-corrected chi connectivity index (χ2v) is 10.6. The first-order valence-corrected chi connectivity index (χ1v) is 13.6. The fraction of sp³-hybridized carbons (Fsp3) is 0.429. The van der Waals surface area contributed by atoms with E-state index in [0.29, 0.717) is 60.5 Å². The average molecular weight is 565 g/mol. The van der Waals surface area contributed by atoms with E-state index in [2.05, 4.69) is 20.0 Å². The molecule has 0 saturated carbocycles. The Bertz CT molecular complexity index is 1480. The van der Waals surface area contributed by atoms with Crippen LogP contribution in [-0.4, -0.2) is 121 Å². The van der Waals surface area contributed by atoms with E-state index >= 15 is 4.39 Å². The molecule has 0 atom stereocenters. The molecule has 12 nitrogen and oxygen atoms in total. The van der Waals surface area contributed by atoms with Crippen LogP contribution in [0.25, 0.3) is 17.1 Å². The van der Waals surface area contributed by atoms with Gasteiger partial charge in [-0.05, 0) is 44.4 Å². The third kappa shape index (κ3) is 6.41. The molecule has 41 heavy (non-hydrogen) atoms. The monoisotopic (exact) mass is 564 g/mol. The van der Waals surface area contributed by atoms with E-state index in [9.17, 15) is 4.79 Å². The number of fused-ring (bicyclic) bond motifs is 1. The first-order chi connectivity index (χ1) is 19.7. The number of benzene rings is 1. The van der Waals surface area contributed by atoms with E-state index in [0.717, 1.165) is 26.2 Å². The minimum Gasteiger partial charge on any atom is -0.463 e. The number of nitrogens with zero attached hydrogens (tertiary/aromatic N) is 9. The largest absolute Gasteiger partial charge is 0.463 e. The van der Waals surface area contributed by atoms with Gasteiger partial charge in [-0.15, -0.1) is 0 Å². The van der Waals surface area contributed by atoms with Crippen molar-refractivity contribution in [3.05, 3.63) is 54.0 Å². The van der Waals surface area contributed by atoms with Crippen molar-refractivity contribution >= 4 is 29.1 Å². The topological polar surface area (TPSA) is 116 Å².